The van der Waals surface area contributed by atoms with Gasteiger partial charge >= 0.3 is 0 Å². The Bertz CT molecular complexity index is 589. The summed E-state index contributed by atoms with van der Waals surface area (Å²) in [5.41, 5.74) is 4.13. The first-order valence-corrected chi connectivity index (χ1v) is 7.58. The van der Waals surface area contributed by atoms with Crippen LogP contribution < -0.4 is 5.32 Å². The number of fused-ring (bicyclic) bond motifs is 1. The van der Waals surface area contributed by atoms with E-state index in [0.29, 0.717) is 0 Å². The van der Waals surface area contributed by atoms with Gasteiger partial charge in [-0.25, -0.2) is 0 Å². The molecule has 0 unspecified atom stereocenters. The van der Waals surface area contributed by atoms with Gasteiger partial charge in [0.15, 0.2) is 0 Å². The van der Waals surface area contributed by atoms with Gasteiger partial charge in [0.25, 0.3) is 5.91 Å². The lowest BCUT2D eigenvalue weighted by Crippen LogP contribution is -2.25. The van der Waals surface area contributed by atoms with Crippen LogP contribution in [0.5, 0.6) is 0 Å². The third-order valence-electron chi connectivity index (χ3n) is 3.72. The van der Waals surface area contributed by atoms with Gasteiger partial charge in [-0.05, 0) is 54.3 Å². The second-order valence-corrected chi connectivity index (χ2v) is 6.00. The first kappa shape index (κ1) is 12.4. The van der Waals surface area contributed by atoms with E-state index >= 15 is 0 Å². The highest BCUT2D eigenvalue weighted by Crippen LogP contribution is 2.25. The molecule has 0 saturated carbocycles. The van der Waals surface area contributed by atoms with Gasteiger partial charge in [-0.3, -0.25) is 4.79 Å². The van der Waals surface area contributed by atoms with Gasteiger partial charge in [-0.2, -0.15) is 0 Å². The largest absolute Gasteiger partial charge is 0.345 e. The Labute approximate surface area is 117 Å². The lowest BCUT2D eigenvalue weighted by Gasteiger charge is -2.15. The van der Waals surface area contributed by atoms with Crippen molar-refractivity contribution >= 4 is 17.2 Å². The first-order chi connectivity index (χ1) is 9.24. The number of benzene rings is 1. The highest BCUT2D eigenvalue weighted by molar-refractivity contribution is 7.12. The highest BCUT2D eigenvalue weighted by atomic mass is 32.1. The third-order valence-corrected chi connectivity index (χ3v) is 4.58. The van der Waals surface area contributed by atoms with Crippen LogP contribution in [0.4, 0.5) is 0 Å². The number of amides is 1. The molecule has 1 aromatic carbocycles. The van der Waals surface area contributed by atoms with E-state index in [1.54, 1.807) is 0 Å². The Kier molecular flexibility index (Phi) is 3.38. The SMILES string of the molecule is C[C@@H](NC(=O)c1cccs1)c1ccc2c(c1)CCC2. The minimum atomic E-state index is 0.0167. The van der Waals surface area contributed by atoms with Crippen molar-refractivity contribution in [3.05, 3.63) is 57.3 Å². The lowest BCUT2D eigenvalue weighted by molar-refractivity contribution is 0.0944. The average Bonchev–Trinajstić information content (AvgIpc) is 3.09. The predicted octanol–water partition coefficient (Wildman–Crippen LogP) is 3.73. The van der Waals surface area contributed by atoms with Gasteiger partial charge in [0, 0.05) is 0 Å². The average molecular weight is 271 g/mol. The number of aryl methyl sites for hydroxylation is 2. The summed E-state index contributed by atoms with van der Waals surface area (Å²) in [4.78, 5) is 12.8. The summed E-state index contributed by atoms with van der Waals surface area (Å²) in [5, 5.41) is 4.99. The topological polar surface area (TPSA) is 29.1 Å². The van der Waals surface area contributed by atoms with Crippen molar-refractivity contribution in [2.45, 2.75) is 32.2 Å². The molecule has 1 amide bonds. The molecule has 19 heavy (non-hydrogen) atoms. The number of rotatable bonds is 3. The second-order valence-electron chi connectivity index (χ2n) is 5.05. The lowest BCUT2D eigenvalue weighted by atomic mass is 10.0. The fourth-order valence-corrected chi connectivity index (χ4v) is 3.25. The molecule has 2 aromatic rings. The third kappa shape index (κ3) is 2.56. The van der Waals surface area contributed by atoms with Crippen molar-refractivity contribution in [2.75, 3.05) is 0 Å². The van der Waals surface area contributed by atoms with Crippen LogP contribution >= 0.6 is 11.3 Å². The maximum absolute atomic E-state index is 12.0. The molecule has 1 atom stereocenters. The molecule has 3 heteroatoms. The van der Waals surface area contributed by atoms with Crippen molar-refractivity contribution in [3.63, 3.8) is 0 Å². The quantitative estimate of drug-likeness (QED) is 0.905. The second kappa shape index (κ2) is 5.17. The van der Waals surface area contributed by atoms with E-state index < -0.39 is 0 Å². The molecule has 1 aromatic heterocycles. The smallest absolute Gasteiger partial charge is 0.261 e. The fourth-order valence-electron chi connectivity index (χ4n) is 2.62. The summed E-state index contributed by atoms with van der Waals surface area (Å²) in [5.74, 6) is 0.0167. The van der Waals surface area contributed by atoms with E-state index in [-0.39, 0.29) is 11.9 Å². The van der Waals surface area contributed by atoms with E-state index in [2.05, 4.69) is 23.5 Å². The molecule has 0 aliphatic heterocycles. The van der Waals surface area contributed by atoms with Crippen LogP contribution in [0.2, 0.25) is 0 Å². The van der Waals surface area contributed by atoms with Crippen LogP contribution in [-0.4, -0.2) is 5.91 Å². The number of carbonyl (C=O) groups excluding carboxylic acids is 1. The zero-order valence-corrected chi connectivity index (χ0v) is 11.8. The molecule has 98 valence electrons. The Morgan fingerprint density at radius 1 is 1.26 bits per heavy atom. The normalized spacial score (nSPS) is 15.0. The van der Waals surface area contributed by atoms with Gasteiger partial charge in [0.1, 0.15) is 0 Å². The zero-order chi connectivity index (χ0) is 13.2. The van der Waals surface area contributed by atoms with Crippen LogP contribution in [0.25, 0.3) is 0 Å². The van der Waals surface area contributed by atoms with E-state index in [1.165, 1.54) is 47.3 Å². The molecule has 1 aliphatic carbocycles. The van der Waals surface area contributed by atoms with Crippen molar-refractivity contribution in [1.29, 1.82) is 0 Å². The molecule has 0 spiro atoms. The predicted molar refractivity (Wildman–Crippen MR) is 78.7 cm³/mol. The highest BCUT2D eigenvalue weighted by Gasteiger charge is 2.15. The summed E-state index contributed by atoms with van der Waals surface area (Å²) in [6.45, 7) is 2.04. The number of thiophene rings is 1. The van der Waals surface area contributed by atoms with E-state index in [9.17, 15) is 4.79 Å². The standard InChI is InChI=1S/C16H17NOS/c1-11(17-16(18)15-6-3-9-19-15)13-8-7-12-4-2-5-14(12)10-13/h3,6-11H,2,4-5H2,1H3,(H,17,18)/t11-/m1/s1. The molecular formula is C16H17NOS. The molecule has 1 aliphatic rings. The molecule has 1 heterocycles. The Morgan fingerprint density at radius 3 is 2.89 bits per heavy atom. The van der Waals surface area contributed by atoms with Gasteiger partial charge in [-0.15, -0.1) is 11.3 Å². The Hall–Kier alpha value is -1.61. The number of nitrogens with one attached hydrogen (secondary N) is 1. The van der Waals surface area contributed by atoms with Crippen molar-refractivity contribution < 1.29 is 4.79 Å². The van der Waals surface area contributed by atoms with Crippen molar-refractivity contribution in [3.8, 4) is 0 Å². The minimum Gasteiger partial charge on any atom is -0.345 e. The fraction of sp³-hybridized carbons (Fsp3) is 0.312. The van der Waals surface area contributed by atoms with Crippen LogP contribution in [-0.2, 0) is 12.8 Å². The molecule has 3 rings (SSSR count). The van der Waals surface area contributed by atoms with E-state index in [1.807, 2.05) is 24.4 Å². The van der Waals surface area contributed by atoms with Gasteiger partial charge in [0.2, 0.25) is 0 Å². The molecule has 2 nitrogen and oxygen atoms in total. The van der Waals surface area contributed by atoms with Gasteiger partial charge < -0.3 is 5.32 Å². The maximum atomic E-state index is 12.0. The van der Waals surface area contributed by atoms with Crippen LogP contribution in [0.15, 0.2) is 35.7 Å². The summed E-state index contributed by atoms with van der Waals surface area (Å²) in [6, 6.07) is 10.4. The summed E-state index contributed by atoms with van der Waals surface area (Å²) in [6.07, 6.45) is 3.63. The zero-order valence-electron chi connectivity index (χ0n) is 11.0. The summed E-state index contributed by atoms with van der Waals surface area (Å²) in [7, 11) is 0. The molecule has 0 radical (unpaired) electrons. The van der Waals surface area contributed by atoms with Crippen molar-refractivity contribution in [1.82, 2.24) is 5.32 Å². The molecule has 1 N–H and O–H groups in total. The molecule has 0 bridgehead atoms. The van der Waals surface area contributed by atoms with Crippen LogP contribution in [0.3, 0.4) is 0 Å². The monoisotopic (exact) mass is 271 g/mol. The molecule has 0 saturated heterocycles. The van der Waals surface area contributed by atoms with Crippen molar-refractivity contribution in [2.24, 2.45) is 0 Å². The Morgan fingerprint density at radius 2 is 2.11 bits per heavy atom. The number of carbonyl (C=O) groups is 1. The van der Waals surface area contributed by atoms with Gasteiger partial charge in [-0.1, -0.05) is 24.3 Å². The number of hydrogen-bond acceptors (Lipinski definition) is 2. The molecular weight excluding hydrogens is 254 g/mol. The summed E-state index contributed by atoms with van der Waals surface area (Å²) >= 11 is 1.48. The van der Waals surface area contributed by atoms with Crippen LogP contribution in [0, 0.1) is 0 Å². The first-order valence-electron chi connectivity index (χ1n) is 6.70. The van der Waals surface area contributed by atoms with Crippen LogP contribution in [0.1, 0.15) is 45.7 Å². The molecule has 0 fully saturated rings. The minimum absolute atomic E-state index is 0.0167. The number of hydrogen-bond donors (Lipinski definition) is 1. The maximum Gasteiger partial charge on any atom is 0.261 e. The van der Waals surface area contributed by atoms with Gasteiger partial charge in [0.05, 0.1) is 10.9 Å². The van der Waals surface area contributed by atoms with E-state index in [4.69, 9.17) is 0 Å². The van der Waals surface area contributed by atoms with E-state index in [0.717, 1.165) is 4.88 Å². The summed E-state index contributed by atoms with van der Waals surface area (Å²) < 4.78 is 0. The Balaban J connectivity index is 1.73.